The molecular weight excluding hydrogens is 272 g/mol. The molecule has 1 aromatic carbocycles. The lowest BCUT2D eigenvalue weighted by molar-refractivity contribution is -0.187. The second kappa shape index (κ2) is 5.56. The van der Waals surface area contributed by atoms with Crippen molar-refractivity contribution in [3.63, 3.8) is 0 Å². The lowest BCUT2D eigenvalue weighted by Gasteiger charge is -2.59. The normalized spacial score (nSPS) is 34.4. The molecule has 1 N–H and O–H groups in total. The van der Waals surface area contributed by atoms with Gasteiger partial charge in [0.25, 0.3) is 0 Å². The van der Waals surface area contributed by atoms with Gasteiger partial charge in [-0.1, -0.05) is 13.8 Å². The lowest BCUT2D eigenvalue weighted by Crippen LogP contribution is -2.57. The van der Waals surface area contributed by atoms with E-state index in [4.69, 9.17) is 4.74 Å². The van der Waals surface area contributed by atoms with Crippen molar-refractivity contribution in [3.8, 4) is 0 Å². The first-order valence-corrected chi connectivity index (χ1v) is 7.78. The molecule has 2 bridgehead atoms. The summed E-state index contributed by atoms with van der Waals surface area (Å²) in [6.45, 7) is 5.73. The molecule has 0 saturated heterocycles. The highest BCUT2D eigenvalue weighted by Crippen LogP contribution is 2.58. The van der Waals surface area contributed by atoms with Gasteiger partial charge in [-0.3, -0.25) is 0 Å². The first kappa shape index (κ1) is 14.8. The Morgan fingerprint density at radius 1 is 1.33 bits per heavy atom. The van der Waals surface area contributed by atoms with E-state index in [1.165, 1.54) is 31.4 Å². The molecule has 3 unspecified atom stereocenters. The second-order valence-corrected chi connectivity index (χ2v) is 7.01. The van der Waals surface area contributed by atoms with Crippen LogP contribution in [0.15, 0.2) is 18.2 Å². The fourth-order valence-electron chi connectivity index (χ4n) is 4.38. The highest BCUT2D eigenvalue weighted by Gasteiger charge is 2.55. The molecule has 0 heterocycles. The van der Waals surface area contributed by atoms with E-state index in [-0.39, 0.29) is 0 Å². The van der Waals surface area contributed by atoms with Crippen LogP contribution in [0.4, 0.5) is 14.5 Å². The Labute approximate surface area is 124 Å². The quantitative estimate of drug-likeness (QED) is 0.821. The van der Waals surface area contributed by atoms with Crippen molar-refractivity contribution in [2.24, 2.45) is 17.3 Å². The molecule has 2 nitrogen and oxygen atoms in total. The number of rotatable bonds is 5. The van der Waals surface area contributed by atoms with Crippen LogP contribution in [-0.4, -0.2) is 19.3 Å². The van der Waals surface area contributed by atoms with Crippen LogP contribution in [0.2, 0.25) is 0 Å². The molecule has 3 aliphatic carbocycles. The molecule has 4 rings (SSSR count). The van der Waals surface area contributed by atoms with E-state index in [0.29, 0.717) is 36.3 Å². The third kappa shape index (κ3) is 2.91. The van der Waals surface area contributed by atoms with Crippen molar-refractivity contribution in [1.29, 1.82) is 0 Å². The first-order valence-electron chi connectivity index (χ1n) is 7.78. The third-order valence-corrected chi connectivity index (χ3v) is 5.01. The molecule has 0 amide bonds. The van der Waals surface area contributed by atoms with E-state index in [2.05, 4.69) is 19.2 Å². The Balaban J connectivity index is 1.45. The summed E-state index contributed by atoms with van der Waals surface area (Å²) in [6, 6.07) is 3.57. The molecule has 1 aromatic rings. The van der Waals surface area contributed by atoms with E-state index in [9.17, 15) is 8.78 Å². The van der Waals surface area contributed by atoms with Crippen LogP contribution in [0.25, 0.3) is 0 Å². The molecule has 0 aliphatic heterocycles. The van der Waals surface area contributed by atoms with Crippen LogP contribution in [0.3, 0.4) is 0 Å². The summed E-state index contributed by atoms with van der Waals surface area (Å²) in [7, 11) is 0. The predicted molar refractivity (Wildman–Crippen MR) is 79.2 cm³/mol. The maximum atomic E-state index is 13.5. The predicted octanol–water partition coefficient (Wildman–Crippen LogP) is 4.22. The van der Waals surface area contributed by atoms with Crippen LogP contribution in [0.1, 0.15) is 33.1 Å². The van der Waals surface area contributed by atoms with Crippen molar-refractivity contribution in [1.82, 2.24) is 0 Å². The largest absolute Gasteiger partial charge is 0.380 e. The molecule has 0 radical (unpaired) electrons. The summed E-state index contributed by atoms with van der Waals surface area (Å²) < 4.78 is 32.3. The molecule has 4 heteroatoms. The van der Waals surface area contributed by atoms with Gasteiger partial charge in [0.1, 0.15) is 11.6 Å². The molecule has 0 aromatic heterocycles. The van der Waals surface area contributed by atoms with Crippen LogP contribution >= 0.6 is 0 Å². The number of hydrogen-bond acceptors (Lipinski definition) is 2. The molecule has 3 saturated carbocycles. The standard InChI is InChI=1S/C17H23F2NO/c1-11-7-12-10-17(2,9-11)16(12)21-6-5-20-15-4-3-13(18)8-14(15)19/h3-4,8,11-12,16,20H,5-7,9-10H2,1-2H3/t11?,12?,16?,17-/m0/s1. The Hall–Kier alpha value is -1.16. The number of ether oxygens (including phenoxy) is 1. The Bertz CT molecular complexity index is 520. The van der Waals surface area contributed by atoms with Gasteiger partial charge in [0.05, 0.1) is 18.4 Å². The van der Waals surface area contributed by atoms with Gasteiger partial charge in [0.15, 0.2) is 0 Å². The summed E-state index contributed by atoms with van der Waals surface area (Å²) in [4.78, 5) is 0. The van der Waals surface area contributed by atoms with E-state index >= 15 is 0 Å². The third-order valence-electron chi connectivity index (χ3n) is 5.01. The highest BCUT2D eigenvalue weighted by atomic mass is 19.1. The summed E-state index contributed by atoms with van der Waals surface area (Å²) in [5.74, 6) is 0.385. The van der Waals surface area contributed by atoms with Gasteiger partial charge in [0.2, 0.25) is 0 Å². The molecule has 21 heavy (non-hydrogen) atoms. The van der Waals surface area contributed by atoms with Crippen molar-refractivity contribution in [2.45, 2.75) is 39.2 Å². The van der Waals surface area contributed by atoms with Gasteiger partial charge in [-0.2, -0.15) is 0 Å². The van der Waals surface area contributed by atoms with E-state index in [1.807, 2.05) is 0 Å². The summed E-state index contributed by atoms with van der Waals surface area (Å²) in [6.07, 6.45) is 4.14. The van der Waals surface area contributed by atoms with Gasteiger partial charge in [0, 0.05) is 12.6 Å². The van der Waals surface area contributed by atoms with E-state index < -0.39 is 11.6 Å². The van der Waals surface area contributed by atoms with Gasteiger partial charge in [-0.15, -0.1) is 0 Å². The monoisotopic (exact) mass is 295 g/mol. The molecule has 116 valence electrons. The minimum atomic E-state index is -0.559. The number of hydrogen-bond donors (Lipinski definition) is 1. The Morgan fingerprint density at radius 2 is 2.14 bits per heavy atom. The zero-order valence-electron chi connectivity index (χ0n) is 12.7. The lowest BCUT2D eigenvalue weighted by atomic mass is 9.50. The van der Waals surface area contributed by atoms with Gasteiger partial charge in [-0.25, -0.2) is 8.78 Å². The minimum absolute atomic E-state index is 0.327. The Morgan fingerprint density at radius 3 is 2.86 bits per heavy atom. The molecule has 3 fully saturated rings. The van der Waals surface area contributed by atoms with Gasteiger partial charge in [-0.05, 0) is 48.6 Å². The SMILES string of the molecule is CC1CC2C[C@](C)(C1)C2OCCNc1ccc(F)cc1F. The second-order valence-electron chi connectivity index (χ2n) is 7.01. The van der Waals surface area contributed by atoms with Crippen LogP contribution in [-0.2, 0) is 4.74 Å². The fourth-order valence-corrected chi connectivity index (χ4v) is 4.38. The first-order chi connectivity index (χ1) is 9.98. The number of fused-ring (bicyclic) bond motifs is 2. The molecular formula is C17H23F2NO. The van der Waals surface area contributed by atoms with Crippen molar-refractivity contribution in [2.75, 3.05) is 18.5 Å². The minimum Gasteiger partial charge on any atom is -0.380 e. The van der Waals surface area contributed by atoms with Gasteiger partial charge < -0.3 is 10.1 Å². The van der Waals surface area contributed by atoms with Gasteiger partial charge >= 0.3 is 0 Å². The molecule has 4 atom stereocenters. The van der Waals surface area contributed by atoms with E-state index in [1.54, 1.807) is 0 Å². The smallest absolute Gasteiger partial charge is 0.149 e. The fraction of sp³-hybridized carbons (Fsp3) is 0.647. The molecule has 3 aliphatic rings. The number of benzene rings is 1. The van der Waals surface area contributed by atoms with Crippen LogP contribution < -0.4 is 5.32 Å². The van der Waals surface area contributed by atoms with E-state index in [0.717, 1.165) is 12.0 Å². The number of nitrogens with one attached hydrogen (secondary N) is 1. The summed E-state index contributed by atoms with van der Waals surface area (Å²) in [5, 5.41) is 2.96. The Kier molecular flexibility index (Phi) is 3.91. The van der Waals surface area contributed by atoms with Crippen molar-refractivity contribution >= 4 is 5.69 Å². The maximum Gasteiger partial charge on any atom is 0.149 e. The zero-order chi connectivity index (χ0) is 15.0. The van der Waals surface area contributed by atoms with Crippen LogP contribution in [0.5, 0.6) is 0 Å². The molecule has 0 spiro atoms. The van der Waals surface area contributed by atoms with Crippen LogP contribution in [0, 0.1) is 28.9 Å². The zero-order valence-corrected chi connectivity index (χ0v) is 12.7. The maximum absolute atomic E-state index is 13.5. The van der Waals surface area contributed by atoms with Crippen molar-refractivity contribution < 1.29 is 13.5 Å². The van der Waals surface area contributed by atoms with Crippen molar-refractivity contribution in [3.05, 3.63) is 29.8 Å². The average Bonchev–Trinajstić information content (AvgIpc) is 2.39. The average molecular weight is 295 g/mol. The summed E-state index contributed by atoms with van der Waals surface area (Å²) in [5.41, 5.74) is 0.664. The summed E-state index contributed by atoms with van der Waals surface area (Å²) >= 11 is 0. The highest BCUT2D eigenvalue weighted by molar-refractivity contribution is 5.44. The number of anilines is 1. The topological polar surface area (TPSA) is 21.3 Å². The number of halogens is 2.